The lowest BCUT2D eigenvalue weighted by Crippen LogP contribution is -2.22. The molecule has 0 unspecified atom stereocenters. The maximum Gasteiger partial charge on any atom is 0.185 e. The number of fused-ring (bicyclic) bond motifs is 3. The minimum absolute atomic E-state index is 0.181. The molecule has 2 aliphatic carbocycles. The SMILES string of the molecule is CC1=C(C)C2=N[C@H]3C=CC=C[C@H]3C2=C(C)C1=O. The molecule has 0 aromatic carbocycles. The Hall–Kier alpha value is -1.70. The molecule has 17 heavy (non-hydrogen) atoms. The maximum atomic E-state index is 12.1. The predicted octanol–water partition coefficient (Wildman–Crippen LogP) is 2.79. The first-order valence-electron chi connectivity index (χ1n) is 5.97. The van der Waals surface area contributed by atoms with Crippen molar-refractivity contribution < 1.29 is 4.79 Å². The van der Waals surface area contributed by atoms with Gasteiger partial charge in [-0.05, 0) is 31.9 Å². The molecule has 0 N–H and O–H groups in total. The molecule has 0 aromatic rings. The van der Waals surface area contributed by atoms with E-state index in [4.69, 9.17) is 4.99 Å². The Morgan fingerprint density at radius 1 is 1.00 bits per heavy atom. The number of aliphatic imine (C=N–C) groups is 1. The number of nitrogens with zero attached hydrogens (tertiary/aromatic N) is 1. The van der Waals surface area contributed by atoms with Crippen LogP contribution in [0, 0.1) is 5.92 Å². The zero-order valence-electron chi connectivity index (χ0n) is 10.3. The van der Waals surface area contributed by atoms with Gasteiger partial charge in [0.05, 0.1) is 11.8 Å². The van der Waals surface area contributed by atoms with Gasteiger partial charge in [-0.1, -0.05) is 24.3 Å². The van der Waals surface area contributed by atoms with Crippen LogP contribution < -0.4 is 0 Å². The normalized spacial score (nSPS) is 30.8. The molecule has 0 bridgehead atoms. The number of Topliss-reactive ketones (excluding diaryl/α,β-unsaturated/α-hetero) is 1. The van der Waals surface area contributed by atoms with Gasteiger partial charge in [-0.3, -0.25) is 9.79 Å². The number of hydrogen-bond acceptors (Lipinski definition) is 2. The average Bonchev–Trinajstić information content (AvgIpc) is 2.73. The number of ketones is 1. The van der Waals surface area contributed by atoms with Crippen molar-refractivity contribution in [2.75, 3.05) is 0 Å². The van der Waals surface area contributed by atoms with E-state index in [1.807, 2.05) is 32.9 Å². The van der Waals surface area contributed by atoms with Gasteiger partial charge in [0, 0.05) is 17.1 Å². The Labute approximate surface area is 101 Å². The molecule has 0 amide bonds. The van der Waals surface area contributed by atoms with Crippen LogP contribution in [-0.4, -0.2) is 17.5 Å². The summed E-state index contributed by atoms with van der Waals surface area (Å²) in [6.07, 6.45) is 8.35. The summed E-state index contributed by atoms with van der Waals surface area (Å²) < 4.78 is 0. The smallest absolute Gasteiger partial charge is 0.185 e. The van der Waals surface area contributed by atoms with Crippen molar-refractivity contribution in [1.29, 1.82) is 0 Å². The van der Waals surface area contributed by atoms with Gasteiger partial charge in [0.2, 0.25) is 0 Å². The molecule has 0 aromatic heterocycles. The molecule has 86 valence electrons. The summed E-state index contributed by atoms with van der Waals surface area (Å²) in [5.41, 5.74) is 4.96. The van der Waals surface area contributed by atoms with E-state index in [0.29, 0.717) is 0 Å². The summed E-state index contributed by atoms with van der Waals surface area (Å²) in [5, 5.41) is 0. The van der Waals surface area contributed by atoms with Crippen LogP contribution >= 0.6 is 0 Å². The van der Waals surface area contributed by atoms with E-state index < -0.39 is 0 Å². The van der Waals surface area contributed by atoms with E-state index in [1.54, 1.807) is 0 Å². The van der Waals surface area contributed by atoms with E-state index in [2.05, 4.69) is 12.2 Å². The fourth-order valence-electron chi connectivity index (χ4n) is 2.84. The molecule has 1 heterocycles. The lowest BCUT2D eigenvalue weighted by Gasteiger charge is -2.22. The Balaban J connectivity index is 2.22. The lowest BCUT2D eigenvalue weighted by molar-refractivity contribution is -0.112. The molecule has 2 nitrogen and oxygen atoms in total. The summed E-state index contributed by atoms with van der Waals surface area (Å²) >= 11 is 0. The van der Waals surface area contributed by atoms with Crippen LogP contribution in [0.2, 0.25) is 0 Å². The van der Waals surface area contributed by atoms with Crippen molar-refractivity contribution in [2.45, 2.75) is 26.8 Å². The van der Waals surface area contributed by atoms with E-state index in [1.165, 1.54) is 0 Å². The predicted molar refractivity (Wildman–Crippen MR) is 69.1 cm³/mol. The molecular weight excluding hydrogens is 210 g/mol. The Bertz CT molecular complexity index is 570. The van der Waals surface area contributed by atoms with Crippen molar-refractivity contribution in [2.24, 2.45) is 10.9 Å². The van der Waals surface area contributed by atoms with Crippen LogP contribution in [0.25, 0.3) is 0 Å². The second-order valence-electron chi connectivity index (χ2n) is 4.88. The molecule has 0 saturated carbocycles. The quantitative estimate of drug-likeness (QED) is 0.583. The lowest BCUT2D eigenvalue weighted by atomic mass is 9.79. The van der Waals surface area contributed by atoms with Crippen molar-refractivity contribution in [1.82, 2.24) is 0 Å². The van der Waals surface area contributed by atoms with Gasteiger partial charge in [0.1, 0.15) is 0 Å². The van der Waals surface area contributed by atoms with Gasteiger partial charge in [0.15, 0.2) is 5.78 Å². The Morgan fingerprint density at radius 3 is 2.47 bits per heavy atom. The van der Waals surface area contributed by atoms with E-state index in [0.717, 1.165) is 28.0 Å². The molecule has 2 atom stereocenters. The van der Waals surface area contributed by atoms with Crippen LogP contribution in [0.5, 0.6) is 0 Å². The van der Waals surface area contributed by atoms with E-state index in [-0.39, 0.29) is 17.7 Å². The Kier molecular flexibility index (Phi) is 2.09. The molecule has 0 radical (unpaired) electrons. The summed E-state index contributed by atoms with van der Waals surface area (Å²) in [6.45, 7) is 5.83. The van der Waals surface area contributed by atoms with Crippen LogP contribution in [0.4, 0.5) is 0 Å². The van der Waals surface area contributed by atoms with Crippen molar-refractivity contribution in [3.05, 3.63) is 46.6 Å². The Morgan fingerprint density at radius 2 is 1.71 bits per heavy atom. The molecule has 1 aliphatic heterocycles. The van der Waals surface area contributed by atoms with Gasteiger partial charge in [-0.15, -0.1) is 0 Å². The van der Waals surface area contributed by atoms with Crippen LogP contribution in [0.1, 0.15) is 20.8 Å². The zero-order chi connectivity index (χ0) is 12.2. The highest BCUT2D eigenvalue weighted by atomic mass is 16.1. The third-order valence-electron chi connectivity index (χ3n) is 3.98. The molecule has 2 heteroatoms. The highest BCUT2D eigenvalue weighted by Crippen LogP contribution is 2.39. The van der Waals surface area contributed by atoms with Crippen molar-refractivity contribution >= 4 is 11.5 Å². The van der Waals surface area contributed by atoms with Gasteiger partial charge in [0.25, 0.3) is 0 Å². The van der Waals surface area contributed by atoms with Crippen LogP contribution in [0.15, 0.2) is 51.6 Å². The fourth-order valence-corrected chi connectivity index (χ4v) is 2.84. The summed E-state index contributed by atoms with van der Waals surface area (Å²) in [4.78, 5) is 16.9. The standard InChI is InChI=1S/C15H15NO/c1-8-9(2)15(17)10(3)13-11-6-4-5-7-12(11)16-14(8)13/h4-7,11-12H,1-3H3/t11-,12+/m1/s1. The number of carbonyl (C=O) groups is 1. The topological polar surface area (TPSA) is 29.4 Å². The minimum atomic E-state index is 0.181. The second-order valence-corrected chi connectivity index (χ2v) is 4.88. The van der Waals surface area contributed by atoms with Gasteiger partial charge < -0.3 is 0 Å². The van der Waals surface area contributed by atoms with Crippen LogP contribution in [-0.2, 0) is 4.79 Å². The number of hydrogen-bond donors (Lipinski definition) is 0. The molecule has 0 fully saturated rings. The third-order valence-corrected chi connectivity index (χ3v) is 3.98. The number of rotatable bonds is 0. The fraction of sp³-hybridized carbons (Fsp3) is 0.333. The van der Waals surface area contributed by atoms with Crippen molar-refractivity contribution in [3.8, 4) is 0 Å². The highest BCUT2D eigenvalue weighted by Gasteiger charge is 2.38. The third kappa shape index (κ3) is 1.27. The first-order valence-corrected chi connectivity index (χ1v) is 5.97. The summed E-state index contributed by atoms with van der Waals surface area (Å²) in [5.74, 6) is 0.446. The molecule has 0 saturated heterocycles. The maximum absolute atomic E-state index is 12.1. The van der Waals surface area contributed by atoms with E-state index >= 15 is 0 Å². The van der Waals surface area contributed by atoms with Gasteiger partial charge >= 0.3 is 0 Å². The first-order chi connectivity index (χ1) is 8.11. The molecule has 0 spiro atoms. The minimum Gasteiger partial charge on any atom is -0.289 e. The first kappa shape index (κ1) is 10.5. The van der Waals surface area contributed by atoms with Gasteiger partial charge in [-0.2, -0.15) is 0 Å². The van der Waals surface area contributed by atoms with E-state index in [9.17, 15) is 4.79 Å². The molecular formula is C15H15NO. The van der Waals surface area contributed by atoms with Crippen LogP contribution in [0.3, 0.4) is 0 Å². The summed E-state index contributed by atoms with van der Waals surface area (Å²) in [7, 11) is 0. The second kappa shape index (κ2) is 3.39. The largest absolute Gasteiger partial charge is 0.289 e. The number of allylic oxidation sites excluding steroid dienone is 5. The molecule has 3 aliphatic rings. The highest BCUT2D eigenvalue weighted by molar-refractivity contribution is 6.27. The van der Waals surface area contributed by atoms with Gasteiger partial charge in [-0.25, -0.2) is 0 Å². The molecule has 3 rings (SSSR count). The zero-order valence-corrected chi connectivity index (χ0v) is 10.3. The number of carbonyl (C=O) groups excluding carboxylic acids is 1. The monoisotopic (exact) mass is 225 g/mol. The van der Waals surface area contributed by atoms with Crippen molar-refractivity contribution in [3.63, 3.8) is 0 Å². The summed E-state index contributed by atoms with van der Waals surface area (Å²) in [6, 6.07) is 0.189. The average molecular weight is 225 g/mol.